The number of rotatable bonds is 4. The highest BCUT2D eigenvalue weighted by atomic mass is 16.6. The predicted molar refractivity (Wildman–Crippen MR) is 86.6 cm³/mol. The Bertz CT molecular complexity index is 471. The lowest BCUT2D eigenvalue weighted by Crippen LogP contribution is -2.49. The molecule has 0 radical (unpaired) electrons. The molecule has 3 rings (SSSR count). The molecule has 4 nitrogen and oxygen atoms in total. The predicted octanol–water partition coefficient (Wildman–Crippen LogP) is 3.27. The van der Waals surface area contributed by atoms with Gasteiger partial charge >= 0.3 is 6.09 Å². The lowest BCUT2D eigenvalue weighted by Gasteiger charge is -2.37. The van der Waals surface area contributed by atoms with E-state index < -0.39 is 0 Å². The molecule has 0 bridgehead atoms. The summed E-state index contributed by atoms with van der Waals surface area (Å²) in [6.07, 6.45) is 5.87. The van der Waals surface area contributed by atoms with Crippen LogP contribution in [0.5, 0.6) is 0 Å². The average molecular weight is 302 g/mol. The molecule has 2 heterocycles. The Kier molecular flexibility index (Phi) is 5.33. The minimum absolute atomic E-state index is 0.146. The number of hydrogen-bond donors (Lipinski definition) is 0. The third kappa shape index (κ3) is 4.01. The standard InChI is InChI=1S/C18H26N2O2/c21-18(22-15-16-8-2-1-3-9-16)20-13-5-4-10-17(20)14-19-11-6-7-12-19/h1-3,8-9,17H,4-7,10-15H2. The molecule has 0 saturated carbocycles. The first kappa shape index (κ1) is 15.3. The van der Waals surface area contributed by atoms with Crippen molar-refractivity contribution in [3.8, 4) is 0 Å². The number of amides is 1. The highest BCUT2D eigenvalue weighted by molar-refractivity contribution is 5.68. The van der Waals surface area contributed by atoms with Gasteiger partial charge in [0.15, 0.2) is 0 Å². The number of carbonyl (C=O) groups excluding carboxylic acids is 1. The van der Waals surface area contributed by atoms with Gasteiger partial charge in [0, 0.05) is 19.1 Å². The Balaban J connectivity index is 1.53. The maximum Gasteiger partial charge on any atom is 0.410 e. The second-order valence-electron chi connectivity index (χ2n) is 6.39. The van der Waals surface area contributed by atoms with Crippen LogP contribution in [0.1, 0.15) is 37.7 Å². The highest BCUT2D eigenvalue weighted by Crippen LogP contribution is 2.21. The van der Waals surface area contributed by atoms with Crippen LogP contribution in [0.25, 0.3) is 0 Å². The van der Waals surface area contributed by atoms with Gasteiger partial charge < -0.3 is 14.5 Å². The molecular weight excluding hydrogens is 276 g/mol. The van der Waals surface area contributed by atoms with Crippen molar-refractivity contribution in [1.29, 1.82) is 0 Å². The van der Waals surface area contributed by atoms with Crippen molar-refractivity contribution in [3.63, 3.8) is 0 Å². The Labute approximate surface area is 133 Å². The van der Waals surface area contributed by atoms with Crippen LogP contribution < -0.4 is 0 Å². The van der Waals surface area contributed by atoms with Crippen molar-refractivity contribution < 1.29 is 9.53 Å². The molecule has 1 aromatic carbocycles. The van der Waals surface area contributed by atoms with Gasteiger partial charge in [0.25, 0.3) is 0 Å². The first-order chi connectivity index (χ1) is 10.8. The molecule has 0 spiro atoms. The quantitative estimate of drug-likeness (QED) is 0.855. The average Bonchev–Trinajstić information content (AvgIpc) is 3.07. The van der Waals surface area contributed by atoms with Gasteiger partial charge in [0.05, 0.1) is 0 Å². The summed E-state index contributed by atoms with van der Waals surface area (Å²) in [5, 5.41) is 0. The maximum atomic E-state index is 12.4. The third-order valence-electron chi connectivity index (χ3n) is 4.73. The Morgan fingerprint density at radius 3 is 2.55 bits per heavy atom. The third-order valence-corrected chi connectivity index (χ3v) is 4.73. The summed E-state index contributed by atoms with van der Waals surface area (Å²) in [5.74, 6) is 0. The van der Waals surface area contributed by atoms with Gasteiger partial charge in [0.2, 0.25) is 0 Å². The number of likely N-dealkylation sites (tertiary alicyclic amines) is 2. The van der Waals surface area contributed by atoms with Crippen LogP contribution in [0.15, 0.2) is 30.3 Å². The second kappa shape index (κ2) is 7.63. The largest absolute Gasteiger partial charge is 0.445 e. The van der Waals surface area contributed by atoms with E-state index in [0.29, 0.717) is 12.6 Å². The zero-order valence-electron chi connectivity index (χ0n) is 13.2. The van der Waals surface area contributed by atoms with Crippen molar-refractivity contribution in [2.75, 3.05) is 26.2 Å². The zero-order chi connectivity index (χ0) is 15.2. The van der Waals surface area contributed by atoms with Crippen LogP contribution in [0.3, 0.4) is 0 Å². The van der Waals surface area contributed by atoms with E-state index in [9.17, 15) is 4.79 Å². The highest BCUT2D eigenvalue weighted by Gasteiger charge is 2.29. The summed E-state index contributed by atoms with van der Waals surface area (Å²) < 4.78 is 5.53. The number of hydrogen-bond acceptors (Lipinski definition) is 3. The monoisotopic (exact) mass is 302 g/mol. The molecule has 0 aliphatic carbocycles. The molecule has 2 aliphatic heterocycles. The summed E-state index contributed by atoms with van der Waals surface area (Å²) in [6, 6.07) is 10.2. The summed E-state index contributed by atoms with van der Waals surface area (Å²) >= 11 is 0. The molecule has 22 heavy (non-hydrogen) atoms. The summed E-state index contributed by atoms with van der Waals surface area (Å²) in [5.41, 5.74) is 1.05. The number of piperidine rings is 1. The Morgan fingerprint density at radius 1 is 1.05 bits per heavy atom. The topological polar surface area (TPSA) is 32.8 Å². The molecule has 4 heteroatoms. The minimum atomic E-state index is -0.146. The number of nitrogens with zero attached hydrogens (tertiary/aromatic N) is 2. The first-order valence-electron chi connectivity index (χ1n) is 8.52. The molecule has 2 saturated heterocycles. The van der Waals surface area contributed by atoms with Crippen LogP contribution in [0.2, 0.25) is 0 Å². The molecule has 1 unspecified atom stereocenters. The fourth-order valence-electron chi connectivity index (χ4n) is 3.50. The molecule has 120 valence electrons. The zero-order valence-corrected chi connectivity index (χ0v) is 13.2. The lowest BCUT2D eigenvalue weighted by atomic mass is 10.0. The smallest absolute Gasteiger partial charge is 0.410 e. The van der Waals surface area contributed by atoms with Crippen LogP contribution >= 0.6 is 0 Å². The lowest BCUT2D eigenvalue weighted by molar-refractivity contribution is 0.0589. The van der Waals surface area contributed by atoms with Crippen molar-refractivity contribution in [2.24, 2.45) is 0 Å². The van der Waals surface area contributed by atoms with Crippen molar-refractivity contribution in [3.05, 3.63) is 35.9 Å². The summed E-state index contributed by atoms with van der Waals surface area (Å²) in [7, 11) is 0. The minimum Gasteiger partial charge on any atom is -0.445 e. The normalized spacial score (nSPS) is 22.7. The molecule has 0 aromatic heterocycles. The molecule has 0 N–H and O–H groups in total. The van der Waals surface area contributed by atoms with E-state index >= 15 is 0 Å². The number of benzene rings is 1. The molecule has 1 aromatic rings. The number of ether oxygens (including phenoxy) is 1. The SMILES string of the molecule is O=C(OCc1ccccc1)N1CCCCC1CN1CCCC1. The van der Waals surface area contributed by atoms with Crippen molar-refractivity contribution >= 4 is 6.09 Å². The fraction of sp³-hybridized carbons (Fsp3) is 0.611. The Hall–Kier alpha value is -1.55. The fourth-order valence-corrected chi connectivity index (χ4v) is 3.50. The van der Waals surface area contributed by atoms with Gasteiger partial charge in [-0.25, -0.2) is 4.79 Å². The molecule has 2 fully saturated rings. The van der Waals surface area contributed by atoms with Crippen LogP contribution in [-0.2, 0) is 11.3 Å². The first-order valence-corrected chi connectivity index (χ1v) is 8.52. The van der Waals surface area contributed by atoms with Crippen LogP contribution in [0.4, 0.5) is 4.79 Å². The number of carbonyl (C=O) groups is 1. The maximum absolute atomic E-state index is 12.4. The molecular formula is C18H26N2O2. The molecule has 2 aliphatic rings. The van der Waals surface area contributed by atoms with Gasteiger partial charge in [-0.05, 0) is 50.8 Å². The van der Waals surface area contributed by atoms with E-state index in [1.54, 1.807) is 0 Å². The van der Waals surface area contributed by atoms with Crippen LogP contribution in [-0.4, -0.2) is 48.1 Å². The molecule has 1 atom stereocenters. The van der Waals surface area contributed by atoms with Gasteiger partial charge in [-0.3, -0.25) is 0 Å². The van der Waals surface area contributed by atoms with E-state index in [1.165, 1.54) is 32.4 Å². The Morgan fingerprint density at radius 2 is 1.77 bits per heavy atom. The van der Waals surface area contributed by atoms with E-state index in [-0.39, 0.29) is 6.09 Å². The van der Waals surface area contributed by atoms with Gasteiger partial charge in [-0.1, -0.05) is 30.3 Å². The van der Waals surface area contributed by atoms with Crippen molar-refractivity contribution in [2.45, 2.75) is 44.8 Å². The van der Waals surface area contributed by atoms with E-state index in [1.807, 2.05) is 35.2 Å². The van der Waals surface area contributed by atoms with E-state index in [4.69, 9.17) is 4.74 Å². The van der Waals surface area contributed by atoms with Gasteiger partial charge in [-0.15, -0.1) is 0 Å². The van der Waals surface area contributed by atoms with Gasteiger partial charge in [0.1, 0.15) is 6.61 Å². The van der Waals surface area contributed by atoms with E-state index in [2.05, 4.69) is 4.90 Å². The van der Waals surface area contributed by atoms with E-state index in [0.717, 1.165) is 31.5 Å². The van der Waals surface area contributed by atoms with Crippen molar-refractivity contribution in [1.82, 2.24) is 9.80 Å². The summed E-state index contributed by atoms with van der Waals surface area (Å²) in [4.78, 5) is 16.9. The van der Waals surface area contributed by atoms with Gasteiger partial charge in [-0.2, -0.15) is 0 Å². The molecule has 1 amide bonds. The second-order valence-corrected chi connectivity index (χ2v) is 6.39. The summed E-state index contributed by atoms with van der Waals surface area (Å²) in [6.45, 7) is 4.59. The van der Waals surface area contributed by atoms with Crippen LogP contribution in [0, 0.1) is 0 Å².